The van der Waals surface area contributed by atoms with E-state index in [1.807, 2.05) is 0 Å². The molecule has 164 valence electrons. The van der Waals surface area contributed by atoms with Crippen LogP contribution in [0, 0.1) is 10.8 Å². The van der Waals surface area contributed by atoms with E-state index >= 15 is 0 Å². The summed E-state index contributed by atoms with van der Waals surface area (Å²) in [6.07, 6.45) is 4.33. The van der Waals surface area contributed by atoms with Crippen molar-refractivity contribution in [3.63, 3.8) is 0 Å². The fraction of sp³-hybridized carbons (Fsp3) is 0.636. The van der Waals surface area contributed by atoms with Crippen LogP contribution < -0.4 is 0 Å². The smallest absolute Gasteiger partial charge is 0.309 e. The van der Waals surface area contributed by atoms with E-state index in [4.69, 9.17) is 0 Å². The van der Waals surface area contributed by atoms with Crippen molar-refractivity contribution in [2.24, 2.45) is 10.8 Å². The lowest BCUT2D eigenvalue weighted by Gasteiger charge is -2.20. The molecule has 0 aliphatic carbocycles. The fourth-order valence-electron chi connectivity index (χ4n) is 3.24. The van der Waals surface area contributed by atoms with Gasteiger partial charge in [-0.15, -0.1) is 0 Å². The highest BCUT2D eigenvalue weighted by Gasteiger charge is 2.27. The van der Waals surface area contributed by atoms with Crippen LogP contribution in [0.4, 0.5) is 0 Å². The number of carboxylic acid groups (broad SMARTS) is 2. The van der Waals surface area contributed by atoms with Crippen LogP contribution in [0.1, 0.15) is 77.3 Å². The van der Waals surface area contributed by atoms with Crippen LogP contribution in [0.25, 0.3) is 0 Å². The van der Waals surface area contributed by atoms with Crippen LogP contribution in [-0.4, -0.2) is 37.5 Å². The van der Waals surface area contributed by atoms with Gasteiger partial charge in [-0.25, -0.2) is 0 Å². The van der Waals surface area contributed by atoms with Crippen molar-refractivity contribution in [3.05, 3.63) is 17.2 Å². The van der Waals surface area contributed by atoms with Gasteiger partial charge in [0, 0.05) is 17.2 Å². The molecule has 0 saturated carbocycles. The second kappa shape index (κ2) is 9.85. The lowest BCUT2D eigenvalue weighted by atomic mass is 9.85. The van der Waals surface area contributed by atoms with E-state index in [0.29, 0.717) is 62.5 Å². The van der Waals surface area contributed by atoms with Crippen LogP contribution in [0.3, 0.4) is 0 Å². The first-order chi connectivity index (χ1) is 13.3. The molecule has 0 amide bonds. The predicted molar refractivity (Wildman–Crippen MR) is 109 cm³/mol. The van der Waals surface area contributed by atoms with Gasteiger partial charge in [-0.05, 0) is 66.2 Å². The average molecular weight is 411 g/mol. The zero-order valence-corrected chi connectivity index (χ0v) is 17.8. The molecule has 0 fully saturated rings. The van der Waals surface area contributed by atoms with Crippen LogP contribution in [0.15, 0.2) is 6.07 Å². The van der Waals surface area contributed by atoms with Crippen molar-refractivity contribution in [1.29, 1.82) is 0 Å². The second-order valence-electron chi connectivity index (χ2n) is 9.01. The molecular formula is C22H34O7. The Hall–Kier alpha value is -2.44. The maximum absolute atomic E-state index is 11.2. The molecule has 7 nitrogen and oxygen atoms in total. The molecular weight excluding hydrogens is 376 g/mol. The quantitative estimate of drug-likeness (QED) is 0.195. The zero-order valence-electron chi connectivity index (χ0n) is 17.8. The zero-order chi connectivity index (χ0) is 22.4. The highest BCUT2D eigenvalue weighted by atomic mass is 16.4. The van der Waals surface area contributed by atoms with Gasteiger partial charge in [-0.3, -0.25) is 9.59 Å². The predicted octanol–water partition coefficient (Wildman–Crippen LogP) is 4.45. The number of aliphatic carboxylic acids is 2. The highest BCUT2D eigenvalue weighted by molar-refractivity contribution is 5.73. The number of aromatic hydroxyl groups is 3. The average Bonchev–Trinajstić information content (AvgIpc) is 2.60. The summed E-state index contributed by atoms with van der Waals surface area (Å²) in [5, 5.41) is 48.8. The molecule has 0 atom stereocenters. The van der Waals surface area contributed by atoms with E-state index in [9.17, 15) is 35.1 Å². The lowest BCUT2D eigenvalue weighted by Crippen LogP contribution is -2.23. The number of benzene rings is 1. The standard InChI is InChI=1S/C22H34O7/c1-21(2,19(26)27)11-7-5-9-14-15(18(25)17(24)13-16(14)23)10-6-8-12-22(3,4)20(28)29/h13,23-25H,5-12H2,1-4H3,(H,26,27)(H,28,29). The SMILES string of the molecule is CC(C)(CCCCc1c(O)cc(O)c(O)c1CCCCC(C)(C)C(=O)O)C(=O)O. The Kier molecular flexibility index (Phi) is 8.36. The van der Waals surface area contributed by atoms with Crippen LogP contribution in [0.2, 0.25) is 0 Å². The molecule has 0 saturated heterocycles. The molecule has 0 radical (unpaired) electrons. The molecule has 0 aliphatic heterocycles. The van der Waals surface area contributed by atoms with Gasteiger partial charge in [0.05, 0.1) is 10.8 Å². The third-order valence-corrected chi connectivity index (χ3v) is 5.59. The summed E-state index contributed by atoms with van der Waals surface area (Å²) in [7, 11) is 0. The first-order valence-corrected chi connectivity index (χ1v) is 10.0. The first kappa shape index (κ1) is 24.6. The third kappa shape index (κ3) is 6.84. The molecule has 1 rings (SSSR count). The van der Waals surface area contributed by atoms with Gasteiger partial charge < -0.3 is 25.5 Å². The van der Waals surface area contributed by atoms with E-state index in [0.717, 1.165) is 6.07 Å². The van der Waals surface area contributed by atoms with Crippen molar-refractivity contribution >= 4 is 11.9 Å². The van der Waals surface area contributed by atoms with E-state index in [-0.39, 0.29) is 17.2 Å². The Morgan fingerprint density at radius 3 is 1.55 bits per heavy atom. The van der Waals surface area contributed by atoms with Crippen molar-refractivity contribution < 1.29 is 35.1 Å². The molecule has 1 aromatic carbocycles. The maximum Gasteiger partial charge on any atom is 0.309 e. The molecule has 0 spiro atoms. The van der Waals surface area contributed by atoms with Crippen molar-refractivity contribution in [2.75, 3.05) is 0 Å². The van der Waals surface area contributed by atoms with Gasteiger partial charge in [0.1, 0.15) is 5.75 Å². The van der Waals surface area contributed by atoms with Gasteiger partial charge in [-0.1, -0.05) is 12.8 Å². The largest absolute Gasteiger partial charge is 0.508 e. The van der Waals surface area contributed by atoms with Crippen molar-refractivity contribution in [2.45, 2.75) is 79.1 Å². The Balaban J connectivity index is 2.79. The monoisotopic (exact) mass is 410 g/mol. The van der Waals surface area contributed by atoms with Crippen LogP contribution in [-0.2, 0) is 22.4 Å². The number of hydrogen-bond donors (Lipinski definition) is 5. The summed E-state index contributed by atoms with van der Waals surface area (Å²) in [5.41, 5.74) is -0.638. The summed E-state index contributed by atoms with van der Waals surface area (Å²) in [6, 6.07) is 1.11. The lowest BCUT2D eigenvalue weighted by molar-refractivity contribution is -0.148. The minimum atomic E-state index is -0.861. The molecule has 7 heteroatoms. The Morgan fingerprint density at radius 1 is 0.724 bits per heavy atom. The Labute approximate surface area is 172 Å². The summed E-state index contributed by atoms with van der Waals surface area (Å²) < 4.78 is 0. The van der Waals surface area contributed by atoms with E-state index in [1.165, 1.54) is 0 Å². The topological polar surface area (TPSA) is 135 Å². The van der Waals surface area contributed by atoms with Crippen LogP contribution in [0.5, 0.6) is 17.2 Å². The van der Waals surface area contributed by atoms with Crippen LogP contribution >= 0.6 is 0 Å². The second-order valence-corrected chi connectivity index (χ2v) is 9.01. The Bertz CT molecular complexity index is 735. The summed E-state index contributed by atoms with van der Waals surface area (Å²) >= 11 is 0. The number of carbonyl (C=O) groups is 2. The molecule has 0 bridgehead atoms. The highest BCUT2D eigenvalue weighted by Crippen LogP contribution is 2.39. The van der Waals surface area contributed by atoms with Gasteiger partial charge in [0.2, 0.25) is 0 Å². The van der Waals surface area contributed by atoms with Crippen molar-refractivity contribution in [1.82, 2.24) is 0 Å². The molecule has 5 N–H and O–H groups in total. The molecule has 29 heavy (non-hydrogen) atoms. The van der Waals surface area contributed by atoms with Gasteiger partial charge in [-0.2, -0.15) is 0 Å². The normalized spacial score (nSPS) is 12.1. The summed E-state index contributed by atoms with van der Waals surface area (Å²) in [6.45, 7) is 6.67. The van der Waals surface area contributed by atoms with E-state index < -0.39 is 22.8 Å². The first-order valence-electron chi connectivity index (χ1n) is 10.0. The minimum Gasteiger partial charge on any atom is -0.508 e. The summed E-state index contributed by atoms with van der Waals surface area (Å²) in [4.78, 5) is 22.4. The number of carboxylic acids is 2. The summed E-state index contributed by atoms with van der Waals surface area (Å²) in [5.74, 6) is -2.47. The molecule has 0 unspecified atom stereocenters. The van der Waals surface area contributed by atoms with Gasteiger partial charge in [0.15, 0.2) is 11.5 Å². The molecule has 0 heterocycles. The third-order valence-electron chi connectivity index (χ3n) is 5.59. The number of phenols is 3. The number of hydrogen-bond acceptors (Lipinski definition) is 5. The molecule has 1 aromatic rings. The number of unbranched alkanes of at least 4 members (excludes halogenated alkanes) is 2. The van der Waals surface area contributed by atoms with Crippen molar-refractivity contribution in [3.8, 4) is 17.2 Å². The van der Waals surface area contributed by atoms with Gasteiger partial charge in [0.25, 0.3) is 0 Å². The molecule has 0 aliphatic rings. The van der Waals surface area contributed by atoms with Gasteiger partial charge >= 0.3 is 11.9 Å². The minimum absolute atomic E-state index is 0.0985. The van der Waals surface area contributed by atoms with E-state index in [1.54, 1.807) is 27.7 Å². The molecule has 0 aromatic heterocycles. The maximum atomic E-state index is 11.2. The van der Waals surface area contributed by atoms with E-state index in [2.05, 4.69) is 0 Å². The number of phenolic OH excluding ortho intramolecular Hbond substituents is 3. The Morgan fingerprint density at radius 2 is 1.14 bits per heavy atom. The number of rotatable bonds is 12. The fourth-order valence-corrected chi connectivity index (χ4v) is 3.24.